The van der Waals surface area contributed by atoms with Crippen LogP contribution in [-0.4, -0.2) is 26.5 Å². The largest absolute Gasteiger partial charge is 0.298 e. The first-order chi connectivity index (χ1) is 9.63. The quantitative estimate of drug-likeness (QED) is 0.475. The first kappa shape index (κ1) is 13.8. The van der Waals surface area contributed by atoms with Crippen LogP contribution in [-0.2, 0) is 11.3 Å². The predicted octanol–water partition coefficient (Wildman–Crippen LogP) is 2.13. The lowest BCUT2D eigenvalue weighted by atomic mass is 10.0. The molecular weight excluding hydrogens is 259 g/mol. The average Bonchev–Trinajstić information content (AvgIpc) is 2.94. The van der Waals surface area contributed by atoms with Crippen LogP contribution in [0.15, 0.2) is 36.9 Å². The van der Waals surface area contributed by atoms with Crippen molar-refractivity contribution in [3.8, 4) is 0 Å². The maximum atomic E-state index is 12.9. The van der Waals surface area contributed by atoms with Gasteiger partial charge in [0, 0.05) is 11.1 Å². The van der Waals surface area contributed by atoms with Gasteiger partial charge in [0.25, 0.3) is 0 Å². The summed E-state index contributed by atoms with van der Waals surface area (Å²) in [6.07, 6.45) is 2.24. The first-order valence-electron chi connectivity index (χ1n) is 6.04. The van der Waals surface area contributed by atoms with E-state index in [4.69, 9.17) is 0 Å². The van der Waals surface area contributed by atoms with Gasteiger partial charge < -0.3 is 0 Å². The highest BCUT2D eigenvalue weighted by atomic mass is 19.1. The number of rotatable bonds is 5. The maximum absolute atomic E-state index is 12.9. The first-order valence-corrected chi connectivity index (χ1v) is 6.04. The zero-order chi connectivity index (χ0) is 14.5. The smallest absolute Gasteiger partial charge is 0.204 e. The van der Waals surface area contributed by atoms with Crippen LogP contribution in [0.4, 0.5) is 4.39 Å². The third-order valence-electron chi connectivity index (χ3n) is 2.66. The number of tetrazole rings is 1. The normalized spacial score (nSPS) is 11.4. The van der Waals surface area contributed by atoms with E-state index >= 15 is 0 Å². The molecule has 6 heteroatoms. The molecule has 0 radical (unpaired) electrons. The fourth-order valence-electron chi connectivity index (χ4n) is 1.59. The Kier molecular flexibility index (Phi) is 4.14. The van der Waals surface area contributed by atoms with Crippen LogP contribution in [0, 0.1) is 5.82 Å². The lowest BCUT2D eigenvalue weighted by Gasteiger charge is -2.00. The summed E-state index contributed by atoms with van der Waals surface area (Å²) < 4.78 is 12.9. The summed E-state index contributed by atoms with van der Waals surface area (Å²) in [7, 11) is 0. The van der Waals surface area contributed by atoms with Gasteiger partial charge in [-0.15, -0.1) is 10.2 Å². The number of aryl methyl sites for hydroxylation is 1. The molecule has 20 heavy (non-hydrogen) atoms. The molecule has 2 aromatic rings. The molecule has 0 spiro atoms. The zero-order valence-corrected chi connectivity index (χ0v) is 11.0. The summed E-state index contributed by atoms with van der Waals surface area (Å²) in [5.41, 5.74) is 1.45. The van der Waals surface area contributed by atoms with Gasteiger partial charge in [-0.3, -0.25) is 4.79 Å². The van der Waals surface area contributed by atoms with Gasteiger partial charge in [0.2, 0.25) is 5.82 Å². The molecule has 0 saturated carbocycles. The number of nitrogens with zero attached hydrogens (tertiary/aromatic N) is 4. The minimum atomic E-state index is -0.356. The molecule has 1 aromatic heterocycles. The molecular formula is C14H13FN4O. The van der Waals surface area contributed by atoms with Gasteiger partial charge in [-0.25, -0.2) is 4.39 Å². The second-order valence-electron chi connectivity index (χ2n) is 4.05. The van der Waals surface area contributed by atoms with Crippen LogP contribution in [0.25, 0.3) is 11.1 Å². The van der Waals surface area contributed by atoms with Crippen molar-refractivity contribution in [1.82, 2.24) is 20.2 Å². The van der Waals surface area contributed by atoms with Crippen molar-refractivity contribution in [3.05, 3.63) is 54.1 Å². The lowest BCUT2D eigenvalue weighted by Crippen LogP contribution is -1.98. The minimum absolute atomic E-state index is 0.355. The molecule has 0 fully saturated rings. The zero-order valence-electron chi connectivity index (χ0n) is 11.0. The van der Waals surface area contributed by atoms with Crippen molar-refractivity contribution in [2.45, 2.75) is 13.5 Å². The van der Waals surface area contributed by atoms with Crippen LogP contribution in [0.2, 0.25) is 0 Å². The minimum Gasteiger partial charge on any atom is -0.298 e. The monoisotopic (exact) mass is 272 g/mol. The molecule has 0 bridgehead atoms. The fourth-order valence-corrected chi connectivity index (χ4v) is 1.59. The Balaban J connectivity index is 2.28. The van der Waals surface area contributed by atoms with E-state index in [2.05, 4.69) is 22.0 Å². The average molecular weight is 272 g/mol. The number of hydrogen-bond donors (Lipinski definition) is 0. The Morgan fingerprint density at radius 3 is 2.65 bits per heavy atom. The van der Waals surface area contributed by atoms with E-state index in [9.17, 15) is 9.18 Å². The maximum Gasteiger partial charge on any atom is 0.204 e. The number of halogens is 1. The van der Waals surface area contributed by atoms with E-state index in [0.29, 0.717) is 35.4 Å². The molecule has 0 N–H and O–H groups in total. The number of hydrogen-bond acceptors (Lipinski definition) is 4. The summed E-state index contributed by atoms with van der Waals surface area (Å²) in [6.45, 7) is 6.30. The van der Waals surface area contributed by atoms with E-state index < -0.39 is 0 Å². The Morgan fingerprint density at radius 1 is 1.40 bits per heavy atom. The third-order valence-corrected chi connectivity index (χ3v) is 2.66. The van der Waals surface area contributed by atoms with Gasteiger partial charge in [-0.2, -0.15) is 4.80 Å². The van der Waals surface area contributed by atoms with Crippen molar-refractivity contribution < 1.29 is 9.18 Å². The molecule has 0 atom stereocenters. The van der Waals surface area contributed by atoms with E-state index in [0.717, 1.165) is 0 Å². The van der Waals surface area contributed by atoms with E-state index in [-0.39, 0.29) is 5.82 Å². The molecule has 1 aromatic carbocycles. The highest BCUT2D eigenvalue weighted by Gasteiger charge is 2.07. The predicted molar refractivity (Wildman–Crippen MR) is 73.0 cm³/mol. The molecule has 5 nitrogen and oxygen atoms in total. The summed E-state index contributed by atoms with van der Waals surface area (Å²) in [5.74, 6) is -0.00121. The van der Waals surface area contributed by atoms with E-state index in [1.54, 1.807) is 6.08 Å². The standard InChI is InChI=1S/C14H13FN4O/c1-3-19-17-14(16-18-19)10(2)8-12(9-20)11-4-6-13(15)7-5-11/h4-9H,2-3H2,1H3/b12-8-. The number of benzene rings is 1. The molecule has 102 valence electrons. The molecule has 2 rings (SSSR count). The van der Waals surface area contributed by atoms with Crippen LogP contribution in [0.1, 0.15) is 18.3 Å². The fraction of sp³-hybridized carbons (Fsp3) is 0.143. The Bertz CT molecular complexity index is 658. The number of carbonyl (C=O) groups is 1. The summed E-state index contributed by atoms with van der Waals surface area (Å²) in [5, 5.41) is 11.8. The molecule has 0 aliphatic carbocycles. The van der Waals surface area contributed by atoms with Crippen LogP contribution in [0.3, 0.4) is 0 Å². The van der Waals surface area contributed by atoms with E-state index in [1.807, 2.05) is 6.92 Å². The van der Waals surface area contributed by atoms with Crippen molar-refractivity contribution in [2.75, 3.05) is 0 Å². The van der Waals surface area contributed by atoms with Crippen LogP contribution < -0.4 is 0 Å². The van der Waals surface area contributed by atoms with Gasteiger partial charge >= 0.3 is 0 Å². The number of aldehydes is 1. The highest BCUT2D eigenvalue weighted by Crippen LogP contribution is 2.18. The molecule has 0 amide bonds. The van der Waals surface area contributed by atoms with Crippen molar-refractivity contribution in [3.63, 3.8) is 0 Å². The van der Waals surface area contributed by atoms with Gasteiger partial charge in [0.05, 0.1) is 6.54 Å². The molecule has 0 aliphatic rings. The van der Waals surface area contributed by atoms with Crippen molar-refractivity contribution in [1.29, 1.82) is 0 Å². The highest BCUT2D eigenvalue weighted by molar-refractivity contribution is 6.09. The Labute approximate surface area is 115 Å². The second kappa shape index (κ2) is 6.01. The van der Waals surface area contributed by atoms with Crippen molar-refractivity contribution >= 4 is 17.4 Å². The van der Waals surface area contributed by atoms with E-state index in [1.165, 1.54) is 29.1 Å². The summed E-state index contributed by atoms with van der Waals surface area (Å²) >= 11 is 0. The third kappa shape index (κ3) is 3.03. The molecule has 0 aliphatic heterocycles. The summed E-state index contributed by atoms with van der Waals surface area (Å²) in [6, 6.07) is 5.64. The van der Waals surface area contributed by atoms with Crippen LogP contribution >= 0.6 is 0 Å². The summed E-state index contributed by atoms with van der Waals surface area (Å²) in [4.78, 5) is 12.6. The SMILES string of the molecule is C=C(/C=C(/C=O)c1ccc(F)cc1)c1nnn(CC)n1. The van der Waals surface area contributed by atoms with Crippen LogP contribution in [0.5, 0.6) is 0 Å². The second-order valence-corrected chi connectivity index (χ2v) is 4.05. The van der Waals surface area contributed by atoms with Crippen molar-refractivity contribution in [2.24, 2.45) is 0 Å². The molecule has 1 heterocycles. The lowest BCUT2D eigenvalue weighted by molar-refractivity contribution is -0.103. The van der Waals surface area contributed by atoms with Gasteiger partial charge in [0.1, 0.15) is 5.82 Å². The number of allylic oxidation sites excluding steroid dienone is 3. The molecule has 0 saturated heterocycles. The topological polar surface area (TPSA) is 60.7 Å². The number of aromatic nitrogens is 4. The van der Waals surface area contributed by atoms with Gasteiger partial charge in [0.15, 0.2) is 6.29 Å². The Morgan fingerprint density at radius 2 is 2.10 bits per heavy atom. The Hall–Kier alpha value is -2.63. The van der Waals surface area contributed by atoms with Gasteiger partial charge in [-0.1, -0.05) is 18.7 Å². The molecule has 0 unspecified atom stereocenters. The number of carbonyl (C=O) groups excluding carboxylic acids is 1. The van der Waals surface area contributed by atoms with Gasteiger partial charge in [-0.05, 0) is 35.9 Å².